The Hall–Kier alpha value is -2.57. The van der Waals surface area contributed by atoms with Crippen LogP contribution in [0.15, 0.2) is 65.7 Å². The molecule has 3 aromatic rings. The third kappa shape index (κ3) is 3.79. The Morgan fingerprint density at radius 1 is 0.903 bits per heavy atom. The summed E-state index contributed by atoms with van der Waals surface area (Å²) >= 11 is 0. The van der Waals surface area contributed by atoms with Crippen LogP contribution in [0.3, 0.4) is 0 Å². The predicted molar refractivity (Wildman–Crippen MR) is 127 cm³/mol. The number of benzene rings is 2. The van der Waals surface area contributed by atoms with Gasteiger partial charge in [-0.3, -0.25) is 0 Å². The monoisotopic (exact) mass is 435 g/mol. The van der Waals surface area contributed by atoms with Gasteiger partial charge >= 0.3 is 0 Å². The largest absolute Gasteiger partial charge is 0.372 e. The molecule has 6 heteroatoms. The van der Waals surface area contributed by atoms with Crippen LogP contribution in [-0.4, -0.2) is 50.5 Å². The van der Waals surface area contributed by atoms with Crippen LogP contribution in [0.4, 0.5) is 5.69 Å². The topological polar surface area (TPSA) is 45.6 Å². The number of likely N-dealkylation sites (N-methyl/N-ethyl adjacent to an activating group) is 1. The fourth-order valence-electron chi connectivity index (χ4n) is 4.71. The lowest BCUT2D eigenvalue weighted by Gasteiger charge is -2.29. The van der Waals surface area contributed by atoms with Gasteiger partial charge in [-0.15, -0.1) is 0 Å². The van der Waals surface area contributed by atoms with E-state index in [2.05, 4.69) is 35.1 Å². The maximum Gasteiger partial charge on any atom is 0.268 e. The molecule has 5 rings (SSSR count). The third-order valence-corrected chi connectivity index (χ3v) is 8.22. The van der Waals surface area contributed by atoms with E-state index in [-0.39, 0.29) is 0 Å². The molecule has 3 heterocycles. The maximum absolute atomic E-state index is 13.5. The van der Waals surface area contributed by atoms with Gasteiger partial charge in [0.15, 0.2) is 0 Å². The molecule has 5 nitrogen and oxygen atoms in total. The molecule has 0 amide bonds. The van der Waals surface area contributed by atoms with E-state index in [1.807, 2.05) is 18.3 Å². The summed E-state index contributed by atoms with van der Waals surface area (Å²) in [5, 5.41) is 1.03. The highest BCUT2D eigenvalue weighted by atomic mass is 32.2. The molecule has 0 radical (unpaired) electrons. The first-order valence-electron chi connectivity index (χ1n) is 11.1. The van der Waals surface area contributed by atoms with Gasteiger partial charge in [-0.05, 0) is 68.6 Å². The smallest absolute Gasteiger partial charge is 0.268 e. The Kier molecular flexibility index (Phi) is 5.36. The first kappa shape index (κ1) is 20.3. The van der Waals surface area contributed by atoms with E-state index in [4.69, 9.17) is 0 Å². The molecular formula is C25H29N3O2S. The van der Waals surface area contributed by atoms with Gasteiger partial charge in [0.05, 0.1) is 10.4 Å². The van der Waals surface area contributed by atoms with Crippen molar-refractivity contribution in [3.05, 3.63) is 66.4 Å². The van der Waals surface area contributed by atoms with E-state index in [0.717, 1.165) is 49.1 Å². The van der Waals surface area contributed by atoms with Crippen LogP contribution in [0.25, 0.3) is 16.5 Å². The first-order valence-corrected chi connectivity index (χ1v) is 12.6. The lowest BCUT2D eigenvalue weighted by Crippen LogP contribution is -2.29. The Morgan fingerprint density at radius 2 is 1.68 bits per heavy atom. The maximum atomic E-state index is 13.5. The number of nitrogens with zero attached hydrogens (tertiary/aromatic N) is 3. The number of piperidine rings is 1. The summed E-state index contributed by atoms with van der Waals surface area (Å²) in [6.45, 7) is 4.00. The second-order valence-electron chi connectivity index (χ2n) is 8.65. The van der Waals surface area contributed by atoms with Crippen molar-refractivity contribution in [3.8, 4) is 0 Å². The Morgan fingerprint density at radius 3 is 2.39 bits per heavy atom. The van der Waals surface area contributed by atoms with Crippen LogP contribution in [0, 0.1) is 0 Å². The fourth-order valence-corrected chi connectivity index (χ4v) is 6.10. The summed E-state index contributed by atoms with van der Waals surface area (Å²) in [7, 11) is -1.55. The first-order chi connectivity index (χ1) is 15.0. The molecule has 2 aliphatic rings. The minimum atomic E-state index is -3.67. The standard InChI is InChI=1S/C25H29N3O2S/c1-26-16-12-20(13-17-26)24-19-28(31(29,30)22-8-4-2-5-9-22)25-11-10-21(18-23(24)25)27-14-6-3-7-15-27/h2,4-5,8-12,18-19H,3,6-7,13-17H2,1H3. The lowest BCUT2D eigenvalue weighted by atomic mass is 9.98. The van der Waals surface area contributed by atoms with Gasteiger partial charge in [-0.25, -0.2) is 12.4 Å². The van der Waals surface area contributed by atoms with Gasteiger partial charge in [0.1, 0.15) is 0 Å². The van der Waals surface area contributed by atoms with Crippen LogP contribution < -0.4 is 4.90 Å². The molecule has 31 heavy (non-hydrogen) atoms. The normalized spacial score (nSPS) is 18.4. The highest BCUT2D eigenvalue weighted by Gasteiger charge is 2.24. The highest BCUT2D eigenvalue weighted by Crippen LogP contribution is 2.35. The average molecular weight is 436 g/mol. The van der Waals surface area contributed by atoms with Crippen molar-refractivity contribution in [2.45, 2.75) is 30.6 Å². The van der Waals surface area contributed by atoms with Crippen LogP contribution in [-0.2, 0) is 10.0 Å². The third-order valence-electron chi connectivity index (χ3n) is 6.53. The van der Waals surface area contributed by atoms with E-state index in [1.165, 1.54) is 34.5 Å². The number of hydrogen-bond donors (Lipinski definition) is 0. The number of hydrogen-bond acceptors (Lipinski definition) is 4. The second kappa shape index (κ2) is 8.17. The lowest BCUT2D eigenvalue weighted by molar-refractivity contribution is 0.370. The van der Waals surface area contributed by atoms with Crippen LogP contribution in [0.1, 0.15) is 31.2 Å². The van der Waals surface area contributed by atoms with Crippen molar-refractivity contribution in [2.75, 3.05) is 38.1 Å². The molecule has 0 unspecified atom stereocenters. The highest BCUT2D eigenvalue weighted by molar-refractivity contribution is 7.90. The van der Waals surface area contributed by atoms with Crippen molar-refractivity contribution in [3.63, 3.8) is 0 Å². The summed E-state index contributed by atoms with van der Waals surface area (Å²) in [5.74, 6) is 0. The van der Waals surface area contributed by atoms with E-state index < -0.39 is 10.0 Å². The molecule has 0 atom stereocenters. The van der Waals surface area contributed by atoms with Crippen LogP contribution in [0.5, 0.6) is 0 Å². The molecule has 162 valence electrons. The zero-order valence-corrected chi connectivity index (χ0v) is 18.8. The van der Waals surface area contributed by atoms with Gasteiger partial charge in [-0.1, -0.05) is 24.3 Å². The van der Waals surface area contributed by atoms with Crippen molar-refractivity contribution in [1.29, 1.82) is 0 Å². The minimum absolute atomic E-state index is 0.316. The van der Waals surface area contributed by atoms with Gasteiger partial charge in [0.2, 0.25) is 0 Å². The van der Waals surface area contributed by atoms with Crippen molar-refractivity contribution in [1.82, 2.24) is 8.87 Å². The SMILES string of the molecule is CN1CC=C(c2cn(S(=O)(=O)c3ccccc3)c3ccc(N4CCCCC4)cc23)CC1. The molecule has 1 saturated heterocycles. The van der Waals surface area contributed by atoms with Gasteiger partial charge in [-0.2, -0.15) is 0 Å². The number of rotatable bonds is 4. The second-order valence-corrected chi connectivity index (χ2v) is 10.5. The van der Waals surface area contributed by atoms with Crippen molar-refractivity contribution >= 4 is 32.2 Å². The Labute approximate surface area is 184 Å². The Balaban J connectivity index is 1.68. The van der Waals surface area contributed by atoms with Crippen LogP contribution in [0.2, 0.25) is 0 Å². The minimum Gasteiger partial charge on any atom is -0.372 e. The molecule has 0 spiro atoms. The summed E-state index contributed by atoms with van der Waals surface area (Å²) in [4.78, 5) is 5.03. The molecule has 1 fully saturated rings. The van der Waals surface area contributed by atoms with Gasteiger partial charge in [0.25, 0.3) is 10.0 Å². The van der Waals surface area contributed by atoms with E-state index >= 15 is 0 Å². The predicted octanol–water partition coefficient (Wildman–Crippen LogP) is 4.59. The molecule has 2 aliphatic heterocycles. The van der Waals surface area contributed by atoms with Gasteiger partial charge in [0, 0.05) is 49.0 Å². The molecule has 2 aromatic carbocycles. The average Bonchev–Trinajstić information content (AvgIpc) is 3.20. The molecular weight excluding hydrogens is 406 g/mol. The number of anilines is 1. The van der Waals surface area contributed by atoms with Crippen molar-refractivity contribution < 1.29 is 8.42 Å². The van der Waals surface area contributed by atoms with Gasteiger partial charge < -0.3 is 9.80 Å². The molecule has 0 saturated carbocycles. The fraction of sp³-hybridized carbons (Fsp3) is 0.360. The van der Waals surface area contributed by atoms with E-state index in [1.54, 1.807) is 24.3 Å². The molecule has 0 N–H and O–H groups in total. The van der Waals surface area contributed by atoms with E-state index in [0.29, 0.717) is 4.90 Å². The number of fused-ring (bicyclic) bond motifs is 1. The molecule has 1 aromatic heterocycles. The summed E-state index contributed by atoms with van der Waals surface area (Å²) in [6.07, 6.45) is 8.72. The summed E-state index contributed by atoms with van der Waals surface area (Å²) < 4.78 is 28.5. The zero-order valence-electron chi connectivity index (χ0n) is 18.0. The summed E-state index contributed by atoms with van der Waals surface area (Å²) in [6, 6.07) is 15.0. The quantitative estimate of drug-likeness (QED) is 0.601. The van der Waals surface area contributed by atoms with Crippen LogP contribution >= 0.6 is 0 Å². The van der Waals surface area contributed by atoms with Crippen molar-refractivity contribution in [2.24, 2.45) is 0 Å². The Bertz CT molecular complexity index is 1220. The van der Waals surface area contributed by atoms with E-state index in [9.17, 15) is 8.42 Å². The number of aromatic nitrogens is 1. The zero-order chi connectivity index (χ0) is 21.4. The molecule has 0 aliphatic carbocycles. The molecule has 0 bridgehead atoms. The summed E-state index contributed by atoms with van der Waals surface area (Å²) in [5.41, 5.74) is 4.22.